The van der Waals surface area contributed by atoms with Crippen LogP contribution in [-0.4, -0.2) is 19.0 Å². The summed E-state index contributed by atoms with van der Waals surface area (Å²) in [6, 6.07) is 0. The molecule has 0 atom stereocenters. The van der Waals surface area contributed by atoms with E-state index in [9.17, 15) is 10.0 Å². The van der Waals surface area contributed by atoms with Crippen molar-refractivity contribution in [3.05, 3.63) is 17.9 Å². The minimum absolute atomic E-state index is 0.104. The van der Waals surface area contributed by atoms with Crippen molar-refractivity contribution in [2.24, 2.45) is 0 Å². The molecular weight excluding hydrogens is 228 g/mol. The van der Waals surface area contributed by atoms with E-state index in [4.69, 9.17) is 0 Å². The maximum Gasteiger partial charge on any atom is 0.219 e. The standard InChI is InChI=1S/C14H27N2O2/c1-2-3-4-5-6-7-8-9-11-14(17)15-12-10-13-16-18/h2,16H,1,3-13H2,(H,15,17)/q-1. The number of hydrogen-bond donors (Lipinski definition) is 2. The number of allylic oxidation sites excluding steroid dienone is 1. The summed E-state index contributed by atoms with van der Waals surface area (Å²) in [6.45, 7) is 4.70. The molecule has 0 fully saturated rings. The summed E-state index contributed by atoms with van der Waals surface area (Å²) < 4.78 is 0. The summed E-state index contributed by atoms with van der Waals surface area (Å²) in [5.74, 6) is 0.104. The van der Waals surface area contributed by atoms with Gasteiger partial charge in [0.15, 0.2) is 0 Å². The Kier molecular flexibility index (Phi) is 13.5. The molecule has 18 heavy (non-hydrogen) atoms. The third-order valence-corrected chi connectivity index (χ3v) is 2.84. The van der Waals surface area contributed by atoms with E-state index in [-0.39, 0.29) is 5.91 Å². The number of carbonyl (C=O) groups excluding carboxylic acids is 1. The lowest BCUT2D eigenvalue weighted by Gasteiger charge is -2.08. The fourth-order valence-corrected chi connectivity index (χ4v) is 1.76. The second-order valence-electron chi connectivity index (χ2n) is 4.55. The van der Waals surface area contributed by atoms with Crippen molar-refractivity contribution in [2.45, 2.75) is 57.8 Å². The van der Waals surface area contributed by atoms with Gasteiger partial charge in [0.05, 0.1) is 0 Å². The molecular formula is C14H27N2O2-. The zero-order valence-corrected chi connectivity index (χ0v) is 11.4. The van der Waals surface area contributed by atoms with Crippen LogP contribution in [0.4, 0.5) is 0 Å². The first-order valence-electron chi connectivity index (χ1n) is 7.04. The van der Waals surface area contributed by atoms with Crippen LogP contribution < -0.4 is 10.8 Å². The first-order valence-corrected chi connectivity index (χ1v) is 7.04. The molecule has 0 aromatic rings. The molecule has 0 aliphatic carbocycles. The lowest BCUT2D eigenvalue weighted by Crippen LogP contribution is -2.25. The maximum atomic E-state index is 11.4. The van der Waals surface area contributed by atoms with Gasteiger partial charge in [-0.25, -0.2) is 0 Å². The topological polar surface area (TPSA) is 64.2 Å². The monoisotopic (exact) mass is 255 g/mol. The summed E-state index contributed by atoms with van der Waals surface area (Å²) in [5.41, 5.74) is 1.81. The molecule has 0 aliphatic rings. The lowest BCUT2D eigenvalue weighted by atomic mass is 10.1. The van der Waals surface area contributed by atoms with E-state index in [1.165, 1.54) is 25.7 Å². The zero-order valence-electron chi connectivity index (χ0n) is 11.4. The predicted molar refractivity (Wildman–Crippen MR) is 76.1 cm³/mol. The Bertz CT molecular complexity index is 208. The van der Waals surface area contributed by atoms with Crippen molar-refractivity contribution in [2.75, 3.05) is 13.1 Å². The van der Waals surface area contributed by atoms with E-state index in [2.05, 4.69) is 11.9 Å². The van der Waals surface area contributed by atoms with Gasteiger partial charge >= 0.3 is 0 Å². The number of nitrogens with one attached hydrogen (secondary N) is 2. The first-order chi connectivity index (χ1) is 8.81. The maximum absolute atomic E-state index is 11.4. The molecule has 1 amide bonds. The molecule has 0 aromatic carbocycles. The summed E-state index contributed by atoms with van der Waals surface area (Å²) in [6.07, 6.45) is 11.4. The highest BCUT2D eigenvalue weighted by molar-refractivity contribution is 5.75. The smallest absolute Gasteiger partial charge is 0.219 e. The molecule has 0 radical (unpaired) electrons. The van der Waals surface area contributed by atoms with E-state index in [1.54, 1.807) is 0 Å². The number of rotatable bonds is 13. The SMILES string of the molecule is C=CCCCCCCCCC(=O)NCCCN[O-]. The van der Waals surface area contributed by atoms with Crippen LogP contribution in [0, 0.1) is 5.21 Å². The summed E-state index contributed by atoms with van der Waals surface area (Å²) in [5, 5.41) is 12.8. The van der Waals surface area contributed by atoms with Crippen molar-refractivity contribution < 1.29 is 4.79 Å². The number of hydrogen-bond acceptors (Lipinski definition) is 3. The van der Waals surface area contributed by atoms with Crippen molar-refractivity contribution in [1.29, 1.82) is 0 Å². The highest BCUT2D eigenvalue weighted by Crippen LogP contribution is 2.08. The molecule has 4 heteroatoms. The van der Waals surface area contributed by atoms with Gasteiger partial charge in [-0.1, -0.05) is 31.8 Å². The summed E-state index contributed by atoms with van der Waals surface area (Å²) in [7, 11) is 0. The second kappa shape index (κ2) is 14.2. The van der Waals surface area contributed by atoms with Crippen LogP contribution in [0.25, 0.3) is 0 Å². The van der Waals surface area contributed by atoms with Gasteiger partial charge in [0.25, 0.3) is 0 Å². The van der Waals surface area contributed by atoms with Crippen LogP contribution in [0.2, 0.25) is 0 Å². The molecule has 106 valence electrons. The van der Waals surface area contributed by atoms with Gasteiger partial charge in [-0.15, -0.1) is 6.58 Å². The fraction of sp³-hybridized carbons (Fsp3) is 0.786. The number of hydroxylamine groups is 1. The molecule has 0 spiro atoms. The Morgan fingerprint density at radius 1 is 1.00 bits per heavy atom. The van der Waals surface area contributed by atoms with Crippen LogP contribution in [0.15, 0.2) is 12.7 Å². The van der Waals surface area contributed by atoms with Gasteiger partial charge in [0, 0.05) is 13.0 Å². The summed E-state index contributed by atoms with van der Waals surface area (Å²) in [4.78, 5) is 11.4. The molecule has 2 N–H and O–H groups in total. The van der Waals surface area contributed by atoms with E-state index < -0.39 is 0 Å². The van der Waals surface area contributed by atoms with E-state index in [0.717, 1.165) is 19.3 Å². The Hall–Kier alpha value is -0.870. The molecule has 4 nitrogen and oxygen atoms in total. The molecule has 0 unspecified atom stereocenters. The second-order valence-corrected chi connectivity index (χ2v) is 4.55. The van der Waals surface area contributed by atoms with Gasteiger partial charge in [-0.2, -0.15) is 0 Å². The van der Waals surface area contributed by atoms with Gasteiger partial charge in [-0.05, 0) is 32.2 Å². The molecule has 0 aromatic heterocycles. The molecule has 0 bridgehead atoms. The minimum atomic E-state index is 0.104. The Labute approximate surface area is 111 Å². The van der Waals surface area contributed by atoms with Gasteiger partial charge < -0.3 is 16.0 Å². The highest BCUT2D eigenvalue weighted by atomic mass is 16.5. The number of carbonyl (C=O) groups is 1. The molecule has 0 heterocycles. The molecule has 0 saturated heterocycles. The zero-order chi connectivity index (χ0) is 13.5. The molecule has 0 saturated carbocycles. The van der Waals surface area contributed by atoms with Gasteiger partial charge in [0.2, 0.25) is 5.91 Å². The number of unbranched alkanes of at least 4 members (excludes halogenated alkanes) is 6. The highest BCUT2D eigenvalue weighted by Gasteiger charge is 1.99. The van der Waals surface area contributed by atoms with Crippen molar-refractivity contribution >= 4 is 5.91 Å². The van der Waals surface area contributed by atoms with Gasteiger partial charge in [-0.3, -0.25) is 4.79 Å². The van der Waals surface area contributed by atoms with Crippen LogP contribution in [-0.2, 0) is 4.79 Å². The van der Waals surface area contributed by atoms with Crippen LogP contribution in [0.1, 0.15) is 57.8 Å². The van der Waals surface area contributed by atoms with Crippen LogP contribution in [0.5, 0.6) is 0 Å². The van der Waals surface area contributed by atoms with Gasteiger partial charge in [0.1, 0.15) is 0 Å². The van der Waals surface area contributed by atoms with Crippen LogP contribution in [0.3, 0.4) is 0 Å². The normalized spacial score (nSPS) is 10.3. The quantitative estimate of drug-likeness (QED) is 0.302. The van der Waals surface area contributed by atoms with E-state index in [0.29, 0.717) is 25.9 Å². The Balaban J connectivity index is 3.12. The Morgan fingerprint density at radius 3 is 2.33 bits per heavy atom. The third-order valence-electron chi connectivity index (χ3n) is 2.84. The fourth-order valence-electron chi connectivity index (χ4n) is 1.76. The minimum Gasteiger partial charge on any atom is -0.788 e. The Morgan fingerprint density at radius 2 is 1.67 bits per heavy atom. The lowest BCUT2D eigenvalue weighted by molar-refractivity contribution is -0.121. The van der Waals surface area contributed by atoms with E-state index in [1.807, 2.05) is 11.6 Å². The molecule has 0 aliphatic heterocycles. The van der Waals surface area contributed by atoms with Crippen LogP contribution >= 0.6 is 0 Å². The first kappa shape index (κ1) is 17.1. The van der Waals surface area contributed by atoms with E-state index >= 15 is 0 Å². The average molecular weight is 255 g/mol. The average Bonchev–Trinajstić information content (AvgIpc) is 2.38. The largest absolute Gasteiger partial charge is 0.788 e. The van der Waals surface area contributed by atoms with Crippen molar-refractivity contribution in [3.63, 3.8) is 0 Å². The predicted octanol–water partition coefficient (Wildman–Crippen LogP) is 2.89. The van der Waals surface area contributed by atoms with Crippen molar-refractivity contribution in [1.82, 2.24) is 10.8 Å². The summed E-state index contributed by atoms with van der Waals surface area (Å²) >= 11 is 0. The van der Waals surface area contributed by atoms with Crippen molar-refractivity contribution in [3.8, 4) is 0 Å². The molecule has 0 rings (SSSR count). The third kappa shape index (κ3) is 13.2. The number of amides is 1.